The van der Waals surface area contributed by atoms with Gasteiger partial charge in [0.2, 0.25) is 11.8 Å². The van der Waals surface area contributed by atoms with E-state index in [-0.39, 0.29) is 24.1 Å². The van der Waals surface area contributed by atoms with Crippen molar-refractivity contribution in [2.24, 2.45) is 0 Å². The molecule has 132 valence electrons. The zero-order valence-corrected chi connectivity index (χ0v) is 14.6. The molecule has 0 saturated heterocycles. The van der Waals surface area contributed by atoms with Crippen LogP contribution in [0.4, 0.5) is 10.1 Å². The Labute approximate surface area is 147 Å². The lowest BCUT2D eigenvalue weighted by Gasteiger charge is -2.22. The van der Waals surface area contributed by atoms with Crippen LogP contribution in [-0.2, 0) is 16.0 Å². The van der Waals surface area contributed by atoms with Crippen molar-refractivity contribution in [1.82, 2.24) is 5.32 Å². The Hall–Kier alpha value is -2.69. The lowest BCUT2D eigenvalue weighted by molar-refractivity contribution is -0.121. The first-order valence-electron chi connectivity index (χ1n) is 8.32. The van der Waals surface area contributed by atoms with E-state index in [0.717, 1.165) is 16.8 Å². The number of carbonyl (C=O) groups excluding carboxylic acids is 2. The minimum Gasteiger partial charge on any atom is -0.356 e. The average molecular weight is 342 g/mol. The molecule has 0 unspecified atom stereocenters. The van der Waals surface area contributed by atoms with Gasteiger partial charge in [0.1, 0.15) is 5.82 Å². The minimum absolute atomic E-state index is 0.0894. The zero-order chi connectivity index (χ0) is 18.2. The predicted molar refractivity (Wildman–Crippen MR) is 96.9 cm³/mol. The summed E-state index contributed by atoms with van der Waals surface area (Å²) < 4.78 is 12.8. The van der Waals surface area contributed by atoms with Crippen LogP contribution < -0.4 is 10.2 Å². The highest BCUT2D eigenvalue weighted by molar-refractivity contribution is 5.93. The summed E-state index contributed by atoms with van der Waals surface area (Å²) >= 11 is 0. The molecule has 2 amide bonds. The molecule has 2 aromatic rings. The number of nitrogens with zero attached hydrogens (tertiary/aromatic N) is 1. The van der Waals surface area contributed by atoms with Crippen LogP contribution in [0.5, 0.6) is 0 Å². The molecule has 2 aromatic carbocycles. The highest BCUT2D eigenvalue weighted by Crippen LogP contribution is 2.19. The molecular weight excluding hydrogens is 319 g/mol. The van der Waals surface area contributed by atoms with E-state index in [1.807, 2.05) is 31.2 Å². The Morgan fingerprint density at radius 2 is 1.76 bits per heavy atom. The number of anilines is 1. The SMILES string of the molecule is CC(=O)N(CCC(=O)NCCc1ccc(F)cc1)c1ccccc1C. The smallest absolute Gasteiger partial charge is 0.223 e. The molecule has 0 atom stereocenters. The number of aryl methyl sites for hydroxylation is 1. The van der Waals surface area contributed by atoms with Gasteiger partial charge in [0, 0.05) is 32.1 Å². The van der Waals surface area contributed by atoms with E-state index in [4.69, 9.17) is 0 Å². The third-order valence-electron chi connectivity index (χ3n) is 4.00. The van der Waals surface area contributed by atoms with E-state index in [9.17, 15) is 14.0 Å². The largest absolute Gasteiger partial charge is 0.356 e. The summed E-state index contributed by atoms with van der Waals surface area (Å²) in [5, 5.41) is 2.84. The highest BCUT2D eigenvalue weighted by Gasteiger charge is 2.14. The Balaban J connectivity index is 1.82. The molecule has 4 nitrogen and oxygen atoms in total. The van der Waals surface area contributed by atoms with Gasteiger partial charge in [-0.2, -0.15) is 0 Å². The molecule has 0 aromatic heterocycles. The van der Waals surface area contributed by atoms with Crippen molar-refractivity contribution in [3.05, 3.63) is 65.5 Å². The molecule has 25 heavy (non-hydrogen) atoms. The van der Waals surface area contributed by atoms with Crippen LogP contribution in [-0.4, -0.2) is 24.9 Å². The second-order valence-electron chi connectivity index (χ2n) is 5.93. The summed E-state index contributed by atoms with van der Waals surface area (Å²) in [6.07, 6.45) is 0.873. The first kappa shape index (κ1) is 18.6. The van der Waals surface area contributed by atoms with Crippen LogP contribution in [0.25, 0.3) is 0 Å². The number of carbonyl (C=O) groups is 2. The lowest BCUT2D eigenvalue weighted by atomic mass is 10.1. The summed E-state index contributed by atoms with van der Waals surface area (Å²) in [7, 11) is 0. The van der Waals surface area contributed by atoms with E-state index in [2.05, 4.69) is 5.32 Å². The van der Waals surface area contributed by atoms with Crippen molar-refractivity contribution >= 4 is 17.5 Å². The number of nitrogens with one attached hydrogen (secondary N) is 1. The molecule has 5 heteroatoms. The Morgan fingerprint density at radius 1 is 1.08 bits per heavy atom. The second-order valence-corrected chi connectivity index (χ2v) is 5.93. The topological polar surface area (TPSA) is 49.4 Å². The van der Waals surface area contributed by atoms with Gasteiger partial charge >= 0.3 is 0 Å². The second kappa shape index (κ2) is 8.97. The summed E-state index contributed by atoms with van der Waals surface area (Å²) in [6.45, 7) is 4.25. The fraction of sp³-hybridized carbons (Fsp3) is 0.300. The van der Waals surface area contributed by atoms with E-state index in [0.29, 0.717) is 19.5 Å². The van der Waals surface area contributed by atoms with Crippen molar-refractivity contribution in [3.63, 3.8) is 0 Å². The number of benzene rings is 2. The van der Waals surface area contributed by atoms with Crippen LogP contribution in [0.1, 0.15) is 24.5 Å². The lowest BCUT2D eigenvalue weighted by Crippen LogP contribution is -2.34. The fourth-order valence-electron chi connectivity index (χ4n) is 2.61. The van der Waals surface area contributed by atoms with Crippen molar-refractivity contribution < 1.29 is 14.0 Å². The normalized spacial score (nSPS) is 10.4. The molecule has 0 saturated carbocycles. The van der Waals surface area contributed by atoms with Crippen molar-refractivity contribution in [2.45, 2.75) is 26.7 Å². The van der Waals surface area contributed by atoms with Crippen LogP contribution >= 0.6 is 0 Å². The summed E-state index contributed by atoms with van der Waals surface area (Å²) in [5.74, 6) is -0.469. The molecular formula is C20H23FN2O2. The average Bonchev–Trinajstić information content (AvgIpc) is 2.58. The molecule has 0 aliphatic carbocycles. The quantitative estimate of drug-likeness (QED) is 0.840. The fourth-order valence-corrected chi connectivity index (χ4v) is 2.61. The van der Waals surface area contributed by atoms with E-state index < -0.39 is 0 Å². The number of amides is 2. The van der Waals surface area contributed by atoms with Gasteiger partial charge in [0.15, 0.2) is 0 Å². The first-order valence-corrected chi connectivity index (χ1v) is 8.32. The summed E-state index contributed by atoms with van der Waals surface area (Å²) in [5.41, 5.74) is 2.79. The summed E-state index contributed by atoms with van der Waals surface area (Å²) in [4.78, 5) is 25.5. The van der Waals surface area contributed by atoms with Gasteiger partial charge in [-0.25, -0.2) is 4.39 Å². The third kappa shape index (κ3) is 5.71. The van der Waals surface area contributed by atoms with E-state index in [1.54, 1.807) is 17.0 Å². The minimum atomic E-state index is -0.270. The summed E-state index contributed by atoms with van der Waals surface area (Å²) in [6, 6.07) is 13.8. The van der Waals surface area contributed by atoms with Gasteiger partial charge in [0.25, 0.3) is 0 Å². The van der Waals surface area contributed by atoms with E-state index >= 15 is 0 Å². The Morgan fingerprint density at radius 3 is 2.40 bits per heavy atom. The maximum atomic E-state index is 12.8. The van der Waals surface area contributed by atoms with Crippen LogP contribution in [0.15, 0.2) is 48.5 Å². The first-order chi connectivity index (χ1) is 12.0. The molecule has 0 fully saturated rings. The molecule has 0 spiro atoms. The highest BCUT2D eigenvalue weighted by atomic mass is 19.1. The van der Waals surface area contributed by atoms with Gasteiger partial charge in [-0.15, -0.1) is 0 Å². The van der Waals surface area contributed by atoms with Crippen LogP contribution in [0, 0.1) is 12.7 Å². The number of hydrogen-bond acceptors (Lipinski definition) is 2. The van der Waals surface area contributed by atoms with Crippen molar-refractivity contribution in [3.8, 4) is 0 Å². The Kier molecular flexibility index (Phi) is 6.69. The molecule has 0 aliphatic rings. The molecule has 0 heterocycles. The molecule has 1 N–H and O–H groups in total. The number of rotatable bonds is 7. The molecule has 2 rings (SSSR count). The maximum absolute atomic E-state index is 12.8. The zero-order valence-electron chi connectivity index (χ0n) is 14.6. The van der Waals surface area contributed by atoms with Gasteiger partial charge in [-0.05, 0) is 42.7 Å². The third-order valence-corrected chi connectivity index (χ3v) is 4.00. The number of para-hydroxylation sites is 1. The molecule has 0 aliphatic heterocycles. The number of hydrogen-bond donors (Lipinski definition) is 1. The van der Waals surface area contributed by atoms with Gasteiger partial charge in [0.05, 0.1) is 0 Å². The van der Waals surface area contributed by atoms with Gasteiger partial charge in [-0.1, -0.05) is 30.3 Å². The standard InChI is InChI=1S/C20H23FN2O2/c1-15-5-3-4-6-19(15)23(16(2)24)14-12-20(25)22-13-11-17-7-9-18(21)10-8-17/h3-10H,11-14H2,1-2H3,(H,22,25). The van der Waals surface area contributed by atoms with Gasteiger partial charge in [-0.3, -0.25) is 9.59 Å². The van der Waals surface area contributed by atoms with E-state index in [1.165, 1.54) is 19.1 Å². The maximum Gasteiger partial charge on any atom is 0.223 e. The number of halogens is 1. The monoisotopic (exact) mass is 342 g/mol. The van der Waals surface area contributed by atoms with Crippen LogP contribution in [0.3, 0.4) is 0 Å². The van der Waals surface area contributed by atoms with Crippen molar-refractivity contribution in [1.29, 1.82) is 0 Å². The molecule has 0 radical (unpaired) electrons. The predicted octanol–water partition coefficient (Wildman–Crippen LogP) is 3.24. The van der Waals surface area contributed by atoms with Gasteiger partial charge < -0.3 is 10.2 Å². The van der Waals surface area contributed by atoms with Crippen molar-refractivity contribution in [2.75, 3.05) is 18.0 Å². The Bertz CT molecular complexity index is 729. The van der Waals surface area contributed by atoms with Crippen LogP contribution in [0.2, 0.25) is 0 Å². The molecule has 0 bridgehead atoms.